The van der Waals surface area contributed by atoms with Crippen molar-refractivity contribution in [2.75, 3.05) is 6.61 Å². The zero-order chi connectivity index (χ0) is 17.9. The van der Waals surface area contributed by atoms with Gasteiger partial charge in [-0.1, -0.05) is 96.8 Å². The Hall–Kier alpha value is -0.860. The Balaban J connectivity index is 3.15. The first-order chi connectivity index (χ1) is 11.7. The van der Waals surface area contributed by atoms with Gasteiger partial charge < -0.3 is 4.74 Å². The van der Waals surface area contributed by atoms with Crippen molar-refractivity contribution >= 4 is 11.8 Å². The van der Waals surface area contributed by atoms with Gasteiger partial charge in [-0.15, -0.1) is 0 Å². The van der Waals surface area contributed by atoms with Gasteiger partial charge in [-0.05, 0) is 13.3 Å². The molecule has 0 spiro atoms. The van der Waals surface area contributed by atoms with Crippen LogP contribution in [0.5, 0.6) is 0 Å². The fourth-order valence-electron chi connectivity index (χ4n) is 2.97. The summed E-state index contributed by atoms with van der Waals surface area (Å²) in [5.41, 5.74) is 0. The average molecular weight is 341 g/mol. The third-order valence-electron chi connectivity index (χ3n) is 4.51. The summed E-state index contributed by atoms with van der Waals surface area (Å²) in [6, 6.07) is 0. The maximum absolute atomic E-state index is 11.4. The standard InChI is InChI=1S/C21H40O3/c1-3-5-6-7-8-9-10-11-12-13-14-15-16-17-18-19-20(22)21(23)24-4-2/h3-19H2,1-2H3. The average Bonchev–Trinajstić information content (AvgIpc) is 2.58. The number of carbonyl (C=O) groups is 2. The molecule has 0 saturated carbocycles. The van der Waals surface area contributed by atoms with Gasteiger partial charge in [-0.25, -0.2) is 4.79 Å². The molecular formula is C21H40O3. The third-order valence-corrected chi connectivity index (χ3v) is 4.51. The molecule has 0 rings (SSSR count). The lowest BCUT2D eigenvalue weighted by Crippen LogP contribution is -2.16. The molecule has 0 aliphatic heterocycles. The van der Waals surface area contributed by atoms with Crippen LogP contribution in [0.1, 0.15) is 117 Å². The van der Waals surface area contributed by atoms with Crippen LogP contribution < -0.4 is 0 Å². The topological polar surface area (TPSA) is 43.4 Å². The smallest absolute Gasteiger partial charge is 0.374 e. The normalized spacial score (nSPS) is 10.8. The van der Waals surface area contributed by atoms with Gasteiger partial charge in [0.15, 0.2) is 0 Å². The molecule has 0 aromatic heterocycles. The molecule has 0 fully saturated rings. The summed E-state index contributed by atoms with van der Waals surface area (Å²) in [6.07, 6.45) is 19.9. The first-order valence-corrected chi connectivity index (χ1v) is 10.4. The van der Waals surface area contributed by atoms with Crippen molar-refractivity contribution < 1.29 is 14.3 Å². The third kappa shape index (κ3) is 16.0. The minimum absolute atomic E-state index is 0.281. The predicted molar refractivity (Wildman–Crippen MR) is 101 cm³/mol. The molecule has 0 bridgehead atoms. The summed E-state index contributed by atoms with van der Waals surface area (Å²) in [7, 11) is 0. The molecule has 0 aliphatic carbocycles. The first-order valence-electron chi connectivity index (χ1n) is 10.4. The van der Waals surface area contributed by atoms with E-state index in [4.69, 9.17) is 0 Å². The van der Waals surface area contributed by atoms with E-state index in [0.717, 1.165) is 12.8 Å². The van der Waals surface area contributed by atoms with E-state index in [0.29, 0.717) is 6.42 Å². The number of hydrogen-bond donors (Lipinski definition) is 0. The van der Waals surface area contributed by atoms with Crippen LogP contribution in [0.15, 0.2) is 0 Å². The molecule has 0 radical (unpaired) electrons. The number of rotatable bonds is 18. The molecule has 0 unspecified atom stereocenters. The number of unbranched alkanes of at least 4 members (excludes halogenated alkanes) is 14. The van der Waals surface area contributed by atoms with Gasteiger partial charge in [-0.3, -0.25) is 4.79 Å². The number of Topliss-reactive ketones (excluding diaryl/α,β-unsaturated/α-hetero) is 1. The molecule has 0 N–H and O–H groups in total. The molecule has 0 aromatic carbocycles. The molecule has 0 amide bonds. The highest BCUT2D eigenvalue weighted by atomic mass is 16.5. The predicted octanol–water partition coefficient (Wildman–Crippen LogP) is 6.38. The largest absolute Gasteiger partial charge is 0.460 e. The Labute approximate surface area is 149 Å². The SMILES string of the molecule is CCCCCCCCCCCCCCCCCC(=O)C(=O)OCC. The van der Waals surface area contributed by atoms with Crippen molar-refractivity contribution in [1.82, 2.24) is 0 Å². The van der Waals surface area contributed by atoms with Crippen LogP contribution in [0, 0.1) is 0 Å². The zero-order valence-corrected chi connectivity index (χ0v) is 16.2. The van der Waals surface area contributed by atoms with Gasteiger partial charge in [0, 0.05) is 6.42 Å². The maximum atomic E-state index is 11.4. The summed E-state index contributed by atoms with van der Waals surface area (Å²) in [6.45, 7) is 4.27. The van der Waals surface area contributed by atoms with E-state index in [1.165, 1.54) is 83.5 Å². The Kier molecular flexibility index (Phi) is 17.8. The molecule has 142 valence electrons. The second-order valence-corrected chi connectivity index (χ2v) is 6.84. The summed E-state index contributed by atoms with van der Waals surface area (Å²) in [4.78, 5) is 22.5. The van der Waals surface area contributed by atoms with Gasteiger partial charge in [0.05, 0.1) is 6.61 Å². The van der Waals surface area contributed by atoms with Gasteiger partial charge in [0.2, 0.25) is 5.78 Å². The summed E-state index contributed by atoms with van der Waals surface area (Å²) >= 11 is 0. The quantitative estimate of drug-likeness (QED) is 0.165. The van der Waals surface area contributed by atoms with Gasteiger partial charge >= 0.3 is 5.97 Å². The van der Waals surface area contributed by atoms with Crippen molar-refractivity contribution in [1.29, 1.82) is 0 Å². The minimum Gasteiger partial charge on any atom is -0.460 e. The molecule has 3 nitrogen and oxygen atoms in total. The van der Waals surface area contributed by atoms with Gasteiger partial charge in [-0.2, -0.15) is 0 Å². The van der Waals surface area contributed by atoms with E-state index in [1.54, 1.807) is 6.92 Å². The Morgan fingerprint density at radius 2 is 0.958 bits per heavy atom. The molecule has 0 aliphatic rings. The van der Waals surface area contributed by atoms with E-state index in [2.05, 4.69) is 11.7 Å². The lowest BCUT2D eigenvalue weighted by Gasteiger charge is -2.03. The van der Waals surface area contributed by atoms with E-state index < -0.39 is 5.97 Å². The number of esters is 1. The van der Waals surface area contributed by atoms with Crippen molar-refractivity contribution in [2.24, 2.45) is 0 Å². The second kappa shape index (κ2) is 18.5. The zero-order valence-electron chi connectivity index (χ0n) is 16.2. The van der Waals surface area contributed by atoms with Crippen LogP contribution in [0.25, 0.3) is 0 Å². The number of ketones is 1. The molecule has 24 heavy (non-hydrogen) atoms. The highest BCUT2D eigenvalue weighted by molar-refractivity contribution is 6.33. The number of carbonyl (C=O) groups excluding carboxylic acids is 2. The molecule has 0 heterocycles. The molecule has 0 atom stereocenters. The molecule has 0 aromatic rings. The lowest BCUT2D eigenvalue weighted by atomic mass is 10.0. The van der Waals surface area contributed by atoms with Crippen LogP contribution in [0.3, 0.4) is 0 Å². The van der Waals surface area contributed by atoms with Gasteiger partial charge in [0.25, 0.3) is 0 Å². The van der Waals surface area contributed by atoms with Crippen molar-refractivity contribution in [3.05, 3.63) is 0 Å². The number of hydrogen-bond acceptors (Lipinski definition) is 3. The van der Waals surface area contributed by atoms with E-state index in [-0.39, 0.29) is 12.4 Å². The highest BCUT2D eigenvalue weighted by Crippen LogP contribution is 2.13. The summed E-state index contributed by atoms with van der Waals surface area (Å²) in [5, 5.41) is 0. The summed E-state index contributed by atoms with van der Waals surface area (Å²) in [5.74, 6) is -1.03. The molecule has 0 saturated heterocycles. The minimum atomic E-state index is -0.664. The van der Waals surface area contributed by atoms with Crippen LogP contribution in [0.2, 0.25) is 0 Å². The molecular weight excluding hydrogens is 300 g/mol. The Morgan fingerprint density at radius 1 is 0.583 bits per heavy atom. The van der Waals surface area contributed by atoms with E-state index in [1.807, 2.05) is 0 Å². The lowest BCUT2D eigenvalue weighted by molar-refractivity contribution is -0.153. The van der Waals surface area contributed by atoms with Crippen LogP contribution in [-0.2, 0) is 14.3 Å². The van der Waals surface area contributed by atoms with Crippen LogP contribution in [0.4, 0.5) is 0 Å². The molecule has 3 heteroatoms. The number of ether oxygens (including phenoxy) is 1. The van der Waals surface area contributed by atoms with E-state index in [9.17, 15) is 9.59 Å². The Morgan fingerprint density at radius 3 is 1.33 bits per heavy atom. The van der Waals surface area contributed by atoms with Crippen LogP contribution >= 0.6 is 0 Å². The maximum Gasteiger partial charge on any atom is 0.374 e. The fraction of sp³-hybridized carbons (Fsp3) is 0.905. The first kappa shape index (κ1) is 23.1. The van der Waals surface area contributed by atoms with Crippen molar-refractivity contribution in [3.8, 4) is 0 Å². The summed E-state index contributed by atoms with van der Waals surface area (Å²) < 4.78 is 4.69. The van der Waals surface area contributed by atoms with E-state index >= 15 is 0 Å². The van der Waals surface area contributed by atoms with Crippen molar-refractivity contribution in [3.63, 3.8) is 0 Å². The van der Waals surface area contributed by atoms with Gasteiger partial charge in [0.1, 0.15) is 0 Å². The Bertz CT molecular complexity index is 299. The second-order valence-electron chi connectivity index (χ2n) is 6.84. The fourth-order valence-corrected chi connectivity index (χ4v) is 2.97. The van der Waals surface area contributed by atoms with Crippen LogP contribution in [-0.4, -0.2) is 18.4 Å². The van der Waals surface area contributed by atoms with Crippen molar-refractivity contribution in [2.45, 2.75) is 117 Å². The highest BCUT2D eigenvalue weighted by Gasteiger charge is 2.13. The monoisotopic (exact) mass is 340 g/mol.